The van der Waals surface area contributed by atoms with Gasteiger partial charge in [-0.25, -0.2) is 19.4 Å². The van der Waals surface area contributed by atoms with Crippen LogP contribution in [0.5, 0.6) is 0 Å². The number of fused-ring (bicyclic) bond motifs is 1. The number of carboxylic acid groups (broad SMARTS) is 2. The van der Waals surface area contributed by atoms with Gasteiger partial charge < -0.3 is 25.7 Å². The number of aromatic carboxylic acids is 1. The van der Waals surface area contributed by atoms with Gasteiger partial charge in [-0.2, -0.15) is 13.2 Å². The first-order valence-electron chi connectivity index (χ1n) is 12.6. The Hall–Kier alpha value is -4.68. The lowest BCUT2D eigenvalue weighted by Crippen LogP contribution is -2.45. The zero-order chi connectivity index (χ0) is 30.5. The molecule has 0 spiro atoms. The van der Waals surface area contributed by atoms with Crippen LogP contribution in [0.3, 0.4) is 0 Å². The van der Waals surface area contributed by atoms with E-state index in [1.165, 1.54) is 11.6 Å². The van der Waals surface area contributed by atoms with Crippen molar-refractivity contribution in [3.63, 3.8) is 0 Å². The van der Waals surface area contributed by atoms with E-state index in [1.807, 2.05) is 31.2 Å². The van der Waals surface area contributed by atoms with Crippen molar-refractivity contribution < 1.29 is 42.6 Å². The number of aryl methyl sites for hydroxylation is 1. The number of aliphatic carboxylic acids is 1. The third kappa shape index (κ3) is 7.93. The molecule has 1 saturated heterocycles. The summed E-state index contributed by atoms with van der Waals surface area (Å²) in [5.74, 6) is -3.69. The number of aromatic nitrogens is 1. The van der Waals surface area contributed by atoms with Gasteiger partial charge in [-0.15, -0.1) is 0 Å². The van der Waals surface area contributed by atoms with Gasteiger partial charge in [-0.1, -0.05) is 32.0 Å². The summed E-state index contributed by atoms with van der Waals surface area (Å²) in [5.41, 5.74) is 3.76. The third-order valence-electron chi connectivity index (χ3n) is 6.36. The van der Waals surface area contributed by atoms with Crippen LogP contribution in [0, 0.1) is 6.92 Å². The number of urea groups is 1. The highest BCUT2D eigenvalue weighted by Crippen LogP contribution is 2.25. The second kappa shape index (κ2) is 12.7. The third-order valence-corrected chi connectivity index (χ3v) is 6.36. The summed E-state index contributed by atoms with van der Waals surface area (Å²) in [4.78, 5) is 51.8. The van der Waals surface area contributed by atoms with Crippen molar-refractivity contribution in [2.75, 3.05) is 17.2 Å². The van der Waals surface area contributed by atoms with Crippen molar-refractivity contribution in [2.24, 2.45) is 0 Å². The summed E-state index contributed by atoms with van der Waals surface area (Å²) in [5, 5.41) is 22.8. The number of hydrogen-bond acceptors (Lipinski definition) is 5. The lowest BCUT2D eigenvalue weighted by molar-refractivity contribution is -0.192. The molecule has 1 fully saturated rings. The molecular formula is C28H29F3N4O6. The number of likely N-dealkylation sites (tertiary alicyclic amines) is 1. The highest BCUT2D eigenvalue weighted by molar-refractivity contribution is 6.01. The van der Waals surface area contributed by atoms with E-state index >= 15 is 0 Å². The molecule has 13 heteroatoms. The molecule has 41 heavy (non-hydrogen) atoms. The van der Waals surface area contributed by atoms with E-state index in [4.69, 9.17) is 15.0 Å². The molecule has 4 rings (SSSR count). The van der Waals surface area contributed by atoms with Crippen LogP contribution in [0.4, 0.5) is 29.3 Å². The molecule has 3 aromatic rings. The molecule has 0 unspecified atom stereocenters. The molecule has 0 saturated carbocycles. The minimum Gasteiger partial charge on any atom is -0.477 e. The predicted molar refractivity (Wildman–Crippen MR) is 145 cm³/mol. The van der Waals surface area contributed by atoms with Crippen molar-refractivity contribution in [3.8, 4) is 0 Å². The Labute approximate surface area is 233 Å². The number of amides is 3. The van der Waals surface area contributed by atoms with Crippen molar-refractivity contribution in [1.29, 1.82) is 0 Å². The number of nitrogens with one attached hydrogen (secondary N) is 2. The van der Waals surface area contributed by atoms with Crippen LogP contribution in [0.2, 0.25) is 0 Å². The SMILES string of the molecule is Cc1cc(NC(=O)[C@H]2CCCN2C(=O)Nc2ccc(C(C)C)cc2)cc2ccc(C(=O)O)nc12.O=C(O)C(F)(F)F. The Morgan fingerprint density at radius 1 is 0.976 bits per heavy atom. The molecule has 3 amide bonds. The second-order valence-electron chi connectivity index (χ2n) is 9.72. The summed E-state index contributed by atoms with van der Waals surface area (Å²) in [7, 11) is 0. The fourth-order valence-electron chi connectivity index (χ4n) is 4.26. The van der Waals surface area contributed by atoms with Gasteiger partial charge in [-0.05, 0) is 67.1 Å². The first-order chi connectivity index (χ1) is 19.2. The smallest absolute Gasteiger partial charge is 0.477 e. The van der Waals surface area contributed by atoms with Gasteiger partial charge in [0.1, 0.15) is 11.7 Å². The van der Waals surface area contributed by atoms with Crippen LogP contribution in [0.25, 0.3) is 10.9 Å². The molecule has 1 aliphatic heterocycles. The number of alkyl halides is 3. The van der Waals surface area contributed by atoms with Crippen LogP contribution >= 0.6 is 0 Å². The van der Waals surface area contributed by atoms with Gasteiger partial charge >= 0.3 is 24.1 Å². The maximum Gasteiger partial charge on any atom is 0.490 e. The summed E-state index contributed by atoms with van der Waals surface area (Å²) in [6, 6.07) is 13.5. The zero-order valence-electron chi connectivity index (χ0n) is 22.5. The Balaban J connectivity index is 0.000000587. The average molecular weight is 575 g/mol. The molecule has 1 aromatic heterocycles. The average Bonchev–Trinajstić information content (AvgIpc) is 3.39. The molecule has 1 atom stereocenters. The van der Waals surface area contributed by atoms with Crippen LogP contribution in [-0.4, -0.2) is 62.7 Å². The Morgan fingerprint density at radius 2 is 1.61 bits per heavy atom. The minimum absolute atomic E-state index is 0.0289. The van der Waals surface area contributed by atoms with Crippen molar-refractivity contribution in [3.05, 3.63) is 65.4 Å². The van der Waals surface area contributed by atoms with E-state index in [2.05, 4.69) is 29.5 Å². The molecule has 4 N–H and O–H groups in total. The monoisotopic (exact) mass is 574 g/mol. The summed E-state index contributed by atoms with van der Waals surface area (Å²) >= 11 is 0. The largest absolute Gasteiger partial charge is 0.490 e. The molecule has 0 radical (unpaired) electrons. The van der Waals surface area contributed by atoms with Gasteiger partial charge in [0, 0.05) is 23.3 Å². The van der Waals surface area contributed by atoms with Crippen molar-refractivity contribution >= 4 is 46.2 Å². The number of anilines is 2. The van der Waals surface area contributed by atoms with Crippen LogP contribution < -0.4 is 10.6 Å². The molecule has 0 bridgehead atoms. The summed E-state index contributed by atoms with van der Waals surface area (Å²) < 4.78 is 31.7. The molecule has 10 nitrogen and oxygen atoms in total. The highest BCUT2D eigenvalue weighted by Gasteiger charge is 2.38. The normalized spacial score (nSPS) is 14.8. The zero-order valence-corrected chi connectivity index (χ0v) is 22.5. The number of halogens is 3. The molecule has 2 heterocycles. The van der Waals surface area contributed by atoms with Crippen molar-refractivity contribution in [2.45, 2.75) is 51.7 Å². The lowest BCUT2D eigenvalue weighted by atomic mass is 10.0. The molecule has 1 aliphatic rings. The van der Waals surface area contributed by atoms with Gasteiger partial charge in [0.25, 0.3) is 0 Å². The molecule has 218 valence electrons. The number of hydrogen-bond donors (Lipinski definition) is 4. The van der Waals surface area contributed by atoms with Crippen molar-refractivity contribution in [1.82, 2.24) is 9.88 Å². The number of carbonyl (C=O) groups is 4. The molecular weight excluding hydrogens is 545 g/mol. The Morgan fingerprint density at radius 3 is 2.17 bits per heavy atom. The van der Waals surface area contributed by atoms with E-state index in [0.29, 0.717) is 35.8 Å². The van der Waals surface area contributed by atoms with E-state index in [-0.39, 0.29) is 17.6 Å². The first-order valence-corrected chi connectivity index (χ1v) is 12.6. The van der Waals surface area contributed by atoms with Gasteiger partial charge in [0.2, 0.25) is 5.91 Å². The topological polar surface area (TPSA) is 149 Å². The second-order valence-corrected chi connectivity index (χ2v) is 9.72. The quantitative estimate of drug-likeness (QED) is 0.308. The van der Waals surface area contributed by atoms with Gasteiger partial charge in [0.05, 0.1) is 5.52 Å². The minimum atomic E-state index is -5.08. The Bertz CT molecular complexity index is 1460. The predicted octanol–water partition coefficient (Wildman–Crippen LogP) is 5.63. The van der Waals surface area contributed by atoms with E-state index in [0.717, 1.165) is 17.4 Å². The summed E-state index contributed by atoms with van der Waals surface area (Å²) in [6.07, 6.45) is -3.75. The maximum atomic E-state index is 13.1. The van der Waals surface area contributed by atoms with Gasteiger partial charge in [0.15, 0.2) is 0 Å². The number of rotatable bonds is 5. The number of nitrogens with zero attached hydrogens (tertiary/aromatic N) is 2. The number of pyridine rings is 1. The fourth-order valence-corrected chi connectivity index (χ4v) is 4.26. The van der Waals surface area contributed by atoms with E-state index in [9.17, 15) is 27.6 Å². The molecule has 2 aromatic carbocycles. The standard InChI is InChI=1S/C26H28N4O4.C2HF3O2/c1-15(2)17-6-9-19(10-7-17)28-26(34)30-12-4-5-22(30)24(31)27-20-13-16(3)23-18(14-20)8-11-21(29-23)25(32)33;3-2(4,5)1(6)7/h6-11,13-15,22H,4-5,12H2,1-3H3,(H,27,31)(H,28,34)(H,32,33);(H,6,7)/t22-;/m1./s1. The lowest BCUT2D eigenvalue weighted by Gasteiger charge is -2.24. The maximum absolute atomic E-state index is 13.1. The number of carbonyl (C=O) groups excluding carboxylic acids is 2. The Kier molecular flexibility index (Phi) is 9.53. The number of benzene rings is 2. The van der Waals surface area contributed by atoms with E-state index < -0.39 is 24.2 Å². The van der Waals surface area contributed by atoms with Crippen LogP contribution in [-0.2, 0) is 9.59 Å². The molecule has 0 aliphatic carbocycles. The first kappa shape index (κ1) is 30.9. The summed E-state index contributed by atoms with van der Waals surface area (Å²) in [6.45, 7) is 6.55. The van der Waals surface area contributed by atoms with Crippen LogP contribution in [0.1, 0.15) is 54.2 Å². The highest BCUT2D eigenvalue weighted by atomic mass is 19.4. The number of carboxylic acids is 2. The fraction of sp³-hybridized carbons (Fsp3) is 0.321. The van der Waals surface area contributed by atoms with Gasteiger partial charge in [-0.3, -0.25) is 4.79 Å². The van der Waals surface area contributed by atoms with Crippen LogP contribution in [0.15, 0.2) is 48.5 Å². The van der Waals surface area contributed by atoms with E-state index in [1.54, 1.807) is 23.1 Å².